The SMILES string of the molecule is CCCCCC[C@H](Sc1ccc(OC)cc1)C(=O)OCC. The molecular formula is C17H26O3S. The first-order chi connectivity index (χ1) is 10.2. The molecular weight excluding hydrogens is 284 g/mol. The summed E-state index contributed by atoms with van der Waals surface area (Å²) in [6.07, 6.45) is 5.55. The maximum Gasteiger partial charge on any atom is 0.319 e. The third-order valence-electron chi connectivity index (χ3n) is 3.21. The molecule has 0 aliphatic heterocycles. The molecule has 0 bridgehead atoms. The first-order valence-electron chi connectivity index (χ1n) is 7.68. The fraction of sp³-hybridized carbons (Fsp3) is 0.588. The Morgan fingerprint density at radius 2 is 1.86 bits per heavy atom. The smallest absolute Gasteiger partial charge is 0.319 e. The van der Waals surface area contributed by atoms with Crippen molar-refractivity contribution in [3.63, 3.8) is 0 Å². The molecule has 0 aromatic heterocycles. The quantitative estimate of drug-likeness (QED) is 0.357. The van der Waals surface area contributed by atoms with Crippen LogP contribution in [-0.2, 0) is 9.53 Å². The predicted octanol–water partition coefficient (Wildman–Crippen LogP) is 4.69. The molecule has 1 aromatic rings. The van der Waals surface area contributed by atoms with Gasteiger partial charge in [0.1, 0.15) is 11.0 Å². The molecule has 1 atom stereocenters. The monoisotopic (exact) mass is 310 g/mol. The number of carbonyl (C=O) groups excluding carboxylic acids is 1. The summed E-state index contributed by atoms with van der Waals surface area (Å²) in [4.78, 5) is 13.1. The highest BCUT2D eigenvalue weighted by Gasteiger charge is 2.20. The van der Waals surface area contributed by atoms with Gasteiger partial charge in [-0.15, -0.1) is 11.8 Å². The van der Waals surface area contributed by atoms with E-state index in [1.165, 1.54) is 19.3 Å². The summed E-state index contributed by atoms with van der Waals surface area (Å²) in [6, 6.07) is 7.81. The summed E-state index contributed by atoms with van der Waals surface area (Å²) in [5.74, 6) is 0.727. The highest BCUT2D eigenvalue weighted by atomic mass is 32.2. The van der Waals surface area contributed by atoms with Crippen LogP contribution in [0, 0.1) is 0 Å². The standard InChI is InChI=1S/C17H26O3S/c1-4-6-7-8-9-16(17(18)20-5-2)21-15-12-10-14(19-3)11-13-15/h10-13,16H,4-9H2,1-3H3/t16-/m0/s1. The Bertz CT molecular complexity index is 403. The van der Waals surface area contributed by atoms with E-state index in [9.17, 15) is 4.79 Å². The lowest BCUT2D eigenvalue weighted by molar-refractivity contribution is -0.142. The topological polar surface area (TPSA) is 35.5 Å². The van der Waals surface area contributed by atoms with Crippen LogP contribution < -0.4 is 4.74 Å². The van der Waals surface area contributed by atoms with E-state index in [0.29, 0.717) is 6.61 Å². The summed E-state index contributed by atoms with van der Waals surface area (Å²) in [5.41, 5.74) is 0. The number of unbranched alkanes of at least 4 members (excludes halogenated alkanes) is 3. The highest BCUT2D eigenvalue weighted by molar-refractivity contribution is 8.00. The Balaban J connectivity index is 2.59. The largest absolute Gasteiger partial charge is 0.497 e. The first kappa shape index (κ1) is 17.9. The molecule has 21 heavy (non-hydrogen) atoms. The summed E-state index contributed by atoms with van der Waals surface area (Å²) in [6.45, 7) is 4.48. The van der Waals surface area contributed by atoms with E-state index in [-0.39, 0.29) is 11.2 Å². The van der Waals surface area contributed by atoms with Crippen LogP contribution in [0.25, 0.3) is 0 Å². The number of hydrogen-bond donors (Lipinski definition) is 0. The second kappa shape index (κ2) is 10.6. The lowest BCUT2D eigenvalue weighted by atomic mass is 10.1. The van der Waals surface area contributed by atoms with Crippen LogP contribution in [0.15, 0.2) is 29.2 Å². The second-order valence-electron chi connectivity index (χ2n) is 4.88. The van der Waals surface area contributed by atoms with Gasteiger partial charge in [-0.2, -0.15) is 0 Å². The molecule has 1 aromatic carbocycles. The highest BCUT2D eigenvalue weighted by Crippen LogP contribution is 2.29. The second-order valence-corrected chi connectivity index (χ2v) is 6.16. The minimum atomic E-state index is -0.116. The Kier molecular flexibility index (Phi) is 8.99. The van der Waals surface area contributed by atoms with Gasteiger partial charge in [-0.25, -0.2) is 0 Å². The van der Waals surface area contributed by atoms with Crippen molar-refractivity contribution in [1.29, 1.82) is 0 Å². The number of ether oxygens (including phenoxy) is 2. The number of thioether (sulfide) groups is 1. The summed E-state index contributed by atoms with van der Waals surface area (Å²) < 4.78 is 10.3. The first-order valence-corrected chi connectivity index (χ1v) is 8.56. The van der Waals surface area contributed by atoms with Crippen molar-refractivity contribution in [2.45, 2.75) is 56.1 Å². The molecule has 118 valence electrons. The number of methoxy groups -OCH3 is 1. The number of hydrogen-bond acceptors (Lipinski definition) is 4. The van der Waals surface area contributed by atoms with Gasteiger partial charge in [0.05, 0.1) is 13.7 Å². The van der Waals surface area contributed by atoms with E-state index < -0.39 is 0 Å². The predicted molar refractivity (Wildman–Crippen MR) is 88.0 cm³/mol. The molecule has 0 heterocycles. The number of esters is 1. The van der Waals surface area contributed by atoms with Crippen LogP contribution in [-0.4, -0.2) is 24.9 Å². The maximum atomic E-state index is 12.1. The van der Waals surface area contributed by atoms with Crippen LogP contribution in [0.5, 0.6) is 5.75 Å². The molecule has 0 fully saturated rings. The van der Waals surface area contributed by atoms with Gasteiger partial charge in [-0.05, 0) is 37.6 Å². The molecule has 0 aliphatic carbocycles. The van der Waals surface area contributed by atoms with Crippen molar-refractivity contribution >= 4 is 17.7 Å². The van der Waals surface area contributed by atoms with Crippen molar-refractivity contribution in [2.24, 2.45) is 0 Å². The molecule has 0 spiro atoms. The van der Waals surface area contributed by atoms with Gasteiger partial charge in [-0.3, -0.25) is 4.79 Å². The van der Waals surface area contributed by atoms with Gasteiger partial charge >= 0.3 is 5.97 Å². The third-order valence-corrected chi connectivity index (χ3v) is 4.46. The van der Waals surface area contributed by atoms with E-state index in [1.54, 1.807) is 18.9 Å². The van der Waals surface area contributed by atoms with Gasteiger partial charge in [-0.1, -0.05) is 32.6 Å². The minimum Gasteiger partial charge on any atom is -0.497 e. The van der Waals surface area contributed by atoms with E-state index >= 15 is 0 Å². The average molecular weight is 310 g/mol. The third kappa shape index (κ3) is 6.89. The summed E-state index contributed by atoms with van der Waals surface area (Å²) in [7, 11) is 1.65. The van der Waals surface area contributed by atoms with Crippen LogP contribution >= 0.6 is 11.8 Å². The molecule has 3 nitrogen and oxygen atoms in total. The van der Waals surface area contributed by atoms with Crippen molar-refractivity contribution in [3.05, 3.63) is 24.3 Å². The van der Waals surface area contributed by atoms with E-state index in [1.807, 2.05) is 31.2 Å². The zero-order chi connectivity index (χ0) is 15.5. The molecule has 0 aliphatic rings. The van der Waals surface area contributed by atoms with Gasteiger partial charge in [0.25, 0.3) is 0 Å². The van der Waals surface area contributed by atoms with Crippen molar-refractivity contribution in [1.82, 2.24) is 0 Å². The van der Waals surface area contributed by atoms with Crippen LogP contribution in [0.3, 0.4) is 0 Å². The Labute approximate surface area is 132 Å². The number of carbonyl (C=O) groups is 1. The van der Waals surface area contributed by atoms with Crippen molar-refractivity contribution < 1.29 is 14.3 Å². The Morgan fingerprint density at radius 1 is 1.14 bits per heavy atom. The van der Waals surface area contributed by atoms with E-state index in [0.717, 1.165) is 23.5 Å². The van der Waals surface area contributed by atoms with Crippen molar-refractivity contribution in [2.75, 3.05) is 13.7 Å². The van der Waals surface area contributed by atoms with Crippen molar-refractivity contribution in [3.8, 4) is 5.75 Å². The lowest BCUT2D eigenvalue weighted by Crippen LogP contribution is -2.20. The van der Waals surface area contributed by atoms with E-state index in [4.69, 9.17) is 9.47 Å². The lowest BCUT2D eigenvalue weighted by Gasteiger charge is -2.15. The molecule has 0 amide bonds. The molecule has 0 unspecified atom stereocenters. The zero-order valence-electron chi connectivity index (χ0n) is 13.3. The summed E-state index contributed by atoms with van der Waals surface area (Å²) >= 11 is 1.58. The van der Waals surface area contributed by atoms with Gasteiger partial charge in [0, 0.05) is 4.90 Å². The van der Waals surface area contributed by atoms with Gasteiger partial charge in [0.15, 0.2) is 0 Å². The van der Waals surface area contributed by atoms with Crippen LogP contribution in [0.4, 0.5) is 0 Å². The molecule has 0 N–H and O–H groups in total. The number of benzene rings is 1. The number of rotatable bonds is 10. The van der Waals surface area contributed by atoms with Crippen LogP contribution in [0.1, 0.15) is 46.0 Å². The summed E-state index contributed by atoms with van der Waals surface area (Å²) in [5, 5.41) is -0.116. The molecule has 1 rings (SSSR count). The molecule has 4 heteroatoms. The molecule has 0 saturated carbocycles. The zero-order valence-corrected chi connectivity index (χ0v) is 14.1. The fourth-order valence-electron chi connectivity index (χ4n) is 2.04. The Hall–Kier alpha value is -1.16. The minimum absolute atomic E-state index is 0.102. The molecule has 0 saturated heterocycles. The normalized spacial score (nSPS) is 12.0. The molecule has 0 radical (unpaired) electrons. The van der Waals surface area contributed by atoms with Gasteiger partial charge in [0.2, 0.25) is 0 Å². The van der Waals surface area contributed by atoms with Crippen LogP contribution in [0.2, 0.25) is 0 Å². The Morgan fingerprint density at radius 3 is 2.43 bits per heavy atom. The van der Waals surface area contributed by atoms with E-state index in [2.05, 4.69) is 6.92 Å². The van der Waals surface area contributed by atoms with Gasteiger partial charge < -0.3 is 9.47 Å². The average Bonchev–Trinajstić information content (AvgIpc) is 2.51. The maximum absolute atomic E-state index is 12.1. The fourth-order valence-corrected chi connectivity index (χ4v) is 3.11.